The van der Waals surface area contributed by atoms with E-state index in [0.717, 1.165) is 22.9 Å². The van der Waals surface area contributed by atoms with Gasteiger partial charge >= 0.3 is 0 Å². The van der Waals surface area contributed by atoms with E-state index in [2.05, 4.69) is 4.90 Å². The van der Waals surface area contributed by atoms with E-state index in [9.17, 15) is 4.79 Å². The lowest BCUT2D eigenvalue weighted by Crippen LogP contribution is -2.32. The summed E-state index contributed by atoms with van der Waals surface area (Å²) in [4.78, 5) is 17.1. The van der Waals surface area contributed by atoms with Gasteiger partial charge in [0.1, 0.15) is 12.2 Å². The van der Waals surface area contributed by atoms with E-state index in [4.69, 9.17) is 23.2 Å². The molecule has 118 valence electrons. The number of carbonyl (C=O) groups excluding carboxylic acids is 1. The minimum Gasteiger partial charge on any atom is -0.290 e. The molecule has 2 heterocycles. The second-order valence-electron chi connectivity index (χ2n) is 5.64. The molecule has 1 amide bonds. The van der Waals surface area contributed by atoms with Gasteiger partial charge in [-0.2, -0.15) is 0 Å². The number of anilines is 1. The molecule has 0 aliphatic carbocycles. The van der Waals surface area contributed by atoms with Crippen LogP contribution in [-0.2, 0) is 4.79 Å². The van der Waals surface area contributed by atoms with E-state index in [-0.39, 0.29) is 18.1 Å². The highest BCUT2D eigenvalue weighted by Gasteiger charge is 2.49. The average Bonchev–Trinajstić information content (AvgIpc) is 3.12. The smallest absolute Gasteiger partial charge is 0.246 e. The van der Waals surface area contributed by atoms with E-state index in [0.29, 0.717) is 10.0 Å². The Morgan fingerprint density at radius 2 is 1.57 bits per heavy atom. The zero-order chi connectivity index (χ0) is 16.0. The van der Waals surface area contributed by atoms with Crippen molar-refractivity contribution in [1.29, 1.82) is 0 Å². The minimum absolute atomic E-state index is 0.0589. The molecule has 3 nitrogen and oxygen atoms in total. The van der Waals surface area contributed by atoms with Crippen molar-refractivity contribution < 1.29 is 4.79 Å². The van der Waals surface area contributed by atoms with Crippen molar-refractivity contribution in [3.8, 4) is 0 Å². The molecule has 0 saturated carbocycles. The van der Waals surface area contributed by atoms with Gasteiger partial charge in [0, 0.05) is 27.4 Å². The van der Waals surface area contributed by atoms with Crippen LogP contribution in [0.15, 0.2) is 48.5 Å². The largest absolute Gasteiger partial charge is 0.290 e. The van der Waals surface area contributed by atoms with Gasteiger partial charge in [-0.25, -0.2) is 0 Å². The molecule has 2 aromatic carbocycles. The third-order valence-electron chi connectivity index (χ3n) is 4.27. The van der Waals surface area contributed by atoms with E-state index < -0.39 is 0 Å². The number of benzene rings is 2. The minimum atomic E-state index is -0.0963. The summed E-state index contributed by atoms with van der Waals surface area (Å²) in [5.74, 6) is 1.85. The van der Waals surface area contributed by atoms with Gasteiger partial charge in [-0.3, -0.25) is 14.6 Å². The number of rotatable bonds is 2. The highest BCUT2D eigenvalue weighted by molar-refractivity contribution is 7.99. The van der Waals surface area contributed by atoms with Gasteiger partial charge in [0.05, 0.1) is 0 Å². The first kappa shape index (κ1) is 15.3. The Morgan fingerprint density at radius 3 is 2.22 bits per heavy atom. The predicted molar refractivity (Wildman–Crippen MR) is 96.1 cm³/mol. The van der Waals surface area contributed by atoms with Crippen molar-refractivity contribution >= 4 is 46.6 Å². The quantitative estimate of drug-likeness (QED) is 0.788. The Morgan fingerprint density at radius 1 is 0.957 bits per heavy atom. The second kappa shape index (κ2) is 6.02. The lowest BCUT2D eigenvalue weighted by molar-refractivity contribution is -0.118. The highest BCUT2D eigenvalue weighted by Crippen LogP contribution is 2.43. The molecule has 6 heteroatoms. The normalized spacial score (nSPS) is 24.3. The standard InChI is InChI=1S/C17H14Cl2N2OS/c18-12-3-1-11(2-4-12)16-20-10-23-9-15(20)17(22)21(16)14-7-5-13(19)6-8-14/h1-8,15-16H,9-10H2/t15-,16+/m0/s1. The third-order valence-corrected chi connectivity index (χ3v) is 5.81. The van der Waals surface area contributed by atoms with Crippen molar-refractivity contribution in [2.45, 2.75) is 12.2 Å². The van der Waals surface area contributed by atoms with E-state index in [1.165, 1.54) is 0 Å². The Bertz CT molecular complexity index is 735. The monoisotopic (exact) mass is 364 g/mol. The van der Waals surface area contributed by atoms with Crippen LogP contribution in [0.3, 0.4) is 0 Å². The van der Waals surface area contributed by atoms with Gasteiger partial charge in [-0.15, -0.1) is 11.8 Å². The topological polar surface area (TPSA) is 23.6 Å². The fraction of sp³-hybridized carbons (Fsp3) is 0.235. The number of thioether (sulfide) groups is 1. The fourth-order valence-corrected chi connectivity index (χ4v) is 4.63. The summed E-state index contributed by atoms with van der Waals surface area (Å²) in [6, 6.07) is 15.1. The Kier molecular flexibility index (Phi) is 4.01. The molecule has 2 aliphatic heterocycles. The van der Waals surface area contributed by atoms with Gasteiger partial charge < -0.3 is 0 Å². The second-order valence-corrected chi connectivity index (χ2v) is 7.51. The summed E-state index contributed by atoms with van der Waals surface area (Å²) in [5.41, 5.74) is 1.95. The first-order chi connectivity index (χ1) is 11.1. The summed E-state index contributed by atoms with van der Waals surface area (Å²) < 4.78 is 0. The summed E-state index contributed by atoms with van der Waals surface area (Å²) in [6.45, 7) is 0. The number of halogens is 2. The first-order valence-electron chi connectivity index (χ1n) is 7.33. The molecule has 2 aliphatic rings. The Balaban J connectivity index is 1.79. The van der Waals surface area contributed by atoms with Crippen LogP contribution >= 0.6 is 35.0 Å². The molecule has 23 heavy (non-hydrogen) atoms. The molecule has 0 unspecified atom stereocenters. The summed E-state index contributed by atoms with van der Waals surface area (Å²) in [5, 5.41) is 1.36. The van der Waals surface area contributed by atoms with Crippen LogP contribution in [0.1, 0.15) is 11.7 Å². The molecular weight excluding hydrogens is 351 g/mol. The van der Waals surface area contributed by atoms with Crippen LogP contribution in [0.25, 0.3) is 0 Å². The van der Waals surface area contributed by atoms with Crippen molar-refractivity contribution in [3.05, 3.63) is 64.1 Å². The summed E-state index contributed by atoms with van der Waals surface area (Å²) >= 11 is 13.8. The fourth-order valence-electron chi connectivity index (χ4n) is 3.18. The molecule has 0 aromatic heterocycles. The van der Waals surface area contributed by atoms with Gasteiger partial charge in [-0.1, -0.05) is 35.3 Å². The summed E-state index contributed by atoms with van der Waals surface area (Å²) in [6.07, 6.45) is -0.0963. The number of amides is 1. The first-order valence-corrected chi connectivity index (χ1v) is 9.24. The van der Waals surface area contributed by atoms with Crippen LogP contribution < -0.4 is 4.90 Å². The van der Waals surface area contributed by atoms with Gasteiger partial charge in [0.15, 0.2) is 0 Å². The SMILES string of the molecule is O=C1[C@@H]2CSCN2[C@@H](c2ccc(Cl)cc2)N1c1ccc(Cl)cc1. The number of carbonyl (C=O) groups is 1. The molecule has 0 spiro atoms. The number of nitrogens with zero attached hydrogens (tertiary/aromatic N) is 2. The average molecular weight is 365 g/mol. The lowest BCUT2D eigenvalue weighted by atomic mass is 10.1. The van der Waals surface area contributed by atoms with Crippen LogP contribution in [0.5, 0.6) is 0 Å². The van der Waals surface area contributed by atoms with Crippen LogP contribution in [-0.4, -0.2) is 28.5 Å². The van der Waals surface area contributed by atoms with Crippen LogP contribution in [0.2, 0.25) is 10.0 Å². The number of hydrogen-bond acceptors (Lipinski definition) is 3. The van der Waals surface area contributed by atoms with Crippen molar-refractivity contribution in [2.24, 2.45) is 0 Å². The number of fused-ring (bicyclic) bond motifs is 1. The van der Waals surface area contributed by atoms with Crippen molar-refractivity contribution in [3.63, 3.8) is 0 Å². The Labute approximate surface area is 149 Å². The van der Waals surface area contributed by atoms with E-state index in [1.807, 2.05) is 53.4 Å². The Hall–Kier alpha value is -1.20. The molecule has 2 atom stereocenters. The van der Waals surface area contributed by atoms with Crippen molar-refractivity contribution in [1.82, 2.24) is 4.90 Å². The van der Waals surface area contributed by atoms with Crippen molar-refractivity contribution in [2.75, 3.05) is 16.5 Å². The molecule has 0 radical (unpaired) electrons. The molecule has 2 saturated heterocycles. The molecule has 2 fully saturated rings. The third kappa shape index (κ3) is 2.64. The highest BCUT2D eigenvalue weighted by atomic mass is 35.5. The maximum atomic E-state index is 12.9. The number of hydrogen-bond donors (Lipinski definition) is 0. The van der Waals surface area contributed by atoms with Crippen LogP contribution in [0.4, 0.5) is 5.69 Å². The molecule has 0 N–H and O–H groups in total. The molecule has 2 aromatic rings. The van der Waals surface area contributed by atoms with Gasteiger partial charge in [0.2, 0.25) is 5.91 Å². The van der Waals surface area contributed by atoms with Crippen LogP contribution in [0, 0.1) is 0 Å². The van der Waals surface area contributed by atoms with Gasteiger partial charge in [0.25, 0.3) is 0 Å². The molecule has 4 rings (SSSR count). The maximum Gasteiger partial charge on any atom is 0.246 e. The van der Waals surface area contributed by atoms with E-state index in [1.54, 1.807) is 11.8 Å². The molecular formula is C17H14Cl2N2OS. The zero-order valence-corrected chi connectivity index (χ0v) is 14.5. The molecule has 0 bridgehead atoms. The predicted octanol–water partition coefficient (Wildman–Crippen LogP) is 4.41. The summed E-state index contributed by atoms with van der Waals surface area (Å²) in [7, 11) is 0. The zero-order valence-electron chi connectivity index (χ0n) is 12.2. The maximum absolute atomic E-state index is 12.9. The van der Waals surface area contributed by atoms with E-state index >= 15 is 0 Å². The lowest BCUT2D eigenvalue weighted by Gasteiger charge is -2.29. The van der Waals surface area contributed by atoms with Gasteiger partial charge in [-0.05, 0) is 42.0 Å².